The highest BCUT2D eigenvalue weighted by Gasteiger charge is 2.30. The van der Waals surface area contributed by atoms with E-state index >= 15 is 0 Å². The molecule has 24 heavy (non-hydrogen) atoms. The third-order valence-corrected chi connectivity index (χ3v) is 6.36. The van der Waals surface area contributed by atoms with E-state index in [2.05, 4.69) is 5.10 Å². The van der Waals surface area contributed by atoms with Gasteiger partial charge in [-0.05, 0) is 31.5 Å². The Kier molecular flexibility index (Phi) is 4.27. The number of sulfonamides is 1. The van der Waals surface area contributed by atoms with Crippen LogP contribution in [0.2, 0.25) is 0 Å². The van der Waals surface area contributed by atoms with Crippen LogP contribution in [-0.4, -0.2) is 35.8 Å². The van der Waals surface area contributed by atoms with Crippen LogP contribution in [0.5, 0.6) is 11.5 Å². The molecule has 0 bridgehead atoms. The molecule has 1 aliphatic heterocycles. The Balaban J connectivity index is 1.93. The minimum absolute atomic E-state index is 0.197. The first-order valence-corrected chi connectivity index (χ1v) is 9.17. The summed E-state index contributed by atoms with van der Waals surface area (Å²) >= 11 is 0. The van der Waals surface area contributed by atoms with Crippen LogP contribution in [0.3, 0.4) is 0 Å². The minimum atomic E-state index is -3.63. The van der Waals surface area contributed by atoms with E-state index in [-0.39, 0.29) is 18.2 Å². The van der Waals surface area contributed by atoms with Gasteiger partial charge in [0.1, 0.15) is 4.90 Å². The molecule has 0 radical (unpaired) electrons. The normalized spacial score (nSPS) is 13.7. The maximum atomic E-state index is 13.1. The van der Waals surface area contributed by atoms with Crippen molar-refractivity contribution >= 4 is 10.0 Å². The Morgan fingerprint density at radius 2 is 1.96 bits per heavy atom. The maximum absolute atomic E-state index is 13.1. The Hall–Kier alpha value is -2.06. The van der Waals surface area contributed by atoms with E-state index in [4.69, 9.17) is 9.47 Å². The summed E-state index contributed by atoms with van der Waals surface area (Å²) in [5, 5.41) is 4.22. The fourth-order valence-corrected chi connectivity index (χ4v) is 4.70. The van der Waals surface area contributed by atoms with Crippen LogP contribution in [0.1, 0.15) is 23.9 Å². The van der Waals surface area contributed by atoms with Gasteiger partial charge in [-0.1, -0.05) is 13.0 Å². The van der Waals surface area contributed by atoms with E-state index in [9.17, 15) is 8.42 Å². The molecule has 0 saturated heterocycles. The number of aryl methyl sites for hydroxylation is 2. The third kappa shape index (κ3) is 2.76. The minimum Gasteiger partial charge on any atom is -0.454 e. The standard InChI is InChI=1S/C16H21N3O4S/c1-5-19(9-13-6-7-14-15(8-13)23-10-22-14)24(20,21)16-11(2)17-18(4)12(16)3/h6-8H,5,9-10H2,1-4H3. The number of benzene rings is 1. The van der Waals surface area contributed by atoms with Crippen molar-refractivity contribution in [1.29, 1.82) is 0 Å². The monoisotopic (exact) mass is 351 g/mol. The molecule has 7 nitrogen and oxygen atoms in total. The Labute approximate surface area is 141 Å². The summed E-state index contributed by atoms with van der Waals surface area (Å²) in [7, 11) is -1.88. The first kappa shape index (κ1) is 16.8. The van der Waals surface area contributed by atoms with Gasteiger partial charge >= 0.3 is 0 Å². The molecular formula is C16H21N3O4S. The van der Waals surface area contributed by atoms with E-state index in [0.29, 0.717) is 29.4 Å². The van der Waals surface area contributed by atoms with Crippen molar-refractivity contribution < 1.29 is 17.9 Å². The largest absolute Gasteiger partial charge is 0.454 e. The van der Waals surface area contributed by atoms with Gasteiger partial charge in [0.05, 0.1) is 11.4 Å². The quantitative estimate of drug-likeness (QED) is 0.823. The van der Waals surface area contributed by atoms with Gasteiger partial charge in [0.2, 0.25) is 16.8 Å². The van der Waals surface area contributed by atoms with Crippen molar-refractivity contribution in [3.05, 3.63) is 35.2 Å². The predicted molar refractivity (Wildman–Crippen MR) is 88.5 cm³/mol. The topological polar surface area (TPSA) is 73.7 Å². The SMILES string of the molecule is CCN(Cc1ccc2c(c1)OCO2)S(=O)(=O)c1c(C)nn(C)c1C. The van der Waals surface area contributed by atoms with Crippen LogP contribution in [0.4, 0.5) is 0 Å². The van der Waals surface area contributed by atoms with Gasteiger partial charge in [-0.3, -0.25) is 4.68 Å². The third-order valence-electron chi connectivity index (χ3n) is 4.19. The molecular weight excluding hydrogens is 330 g/mol. The molecule has 0 saturated carbocycles. The van der Waals surface area contributed by atoms with E-state index in [0.717, 1.165) is 5.56 Å². The molecule has 0 aliphatic carbocycles. The lowest BCUT2D eigenvalue weighted by Gasteiger charge is -2.21. The fraction of sp³-hybridized carbons (Fsp3) is 0.438. The maximum Gasteiger partial charge on any atom is 0.247 e. The van der Waals surface area contributed by atoms with Crippen LogP contribution in [0.25, 0.3) is 0 Å². The highest BCUT2D eigenvalue weighted by atomic mass is 32.2. The molecule has 0 unspecified atom stereocenters. The van der Waals surface area contributed by atoms with E-state index < -0.39 is 10.0 Å². The van der Waals surface area contributed by atoms with Crippen molar-refractivity contribution in [3.63, 3.8) is 0 Å². The molecule has 0 N–H and O–H groups in total. The molecule has 1 aromatic carbocycles. The van der Waals surface area contributed by atoms with Crippen molar-refractivity contribution in [2.24, 2.45) is 7.05 Å². The van der Waals surface area contributed by atoms with Gasteiger partial charge in [0, 0.05) is 20.1 Å². The summed E-state index contributed by atoms with van der Waals surface area (Å²) in [6.45, 7) is 6.14. The second-order valence-electron chi connectivity index (χ2n) is 5.74. The van der Waals surface area contributed by atoms with Crippen molar-refractivity contribution in [2.45, 2.75) is 32.2 Å². The molecule has 2 heterocycles. The molecule has 0 fully saturated rings. The highest BCUT2D eigenvalue weighted by Crippen LogP contribution is 2.33. The lowest BCUT2D eigenvalue weighted by atomic mass is 10.2. The Morgan fingerprint density at radius 3 is 2.58 bits per heavy atom. The van der Waals surface area contributed by atoms with Gasteiger partial charge in [0.15, 0.2) is 11.5 Å². The number of fused-ring (bicyclic) bond motifs is 1. The number of rotatable bonds is 5. The number of hydrogen-bond donors (Lipinski definition) is 0. The van der Waals surface area contributed by atoms with E-state index in [1.165, 1.54) is 4.31 Å². The molecule has 1 aromatic heterocycles. The summed E-state index contributed by atoms with van der Waals surface area (Å²) in [5.41, 5.74) is 2.00. The summed E-state index contributed by atoms with van der Waals surface area (Å²) < 4.78 is 39.8. The van der Waals surface area contributed by atoms with Crippen LogP contribution >= 0.6 is 0 Å². The van der Waals surface area contributed by atoms with Crippen LogP contribution in [-0.2, 0) is 23.6 Å². The van der Waals surface area contributed by atoms with E-state index in [1.54, 1.807) is 31.6 Å². The summed E-state index contributed by atoms with van der Waals surface area (Å²) in [6.07, 6.45) is 0. The molecule has 8 heteroatoms. The zero-order chi connectivity index (χ0) is 17.5. The smallest absolute Gasteiger partial charge is 0.247 e. The Bertz CT molecular complexity index is 874. The first-order valence-electron chi connectivity index (χ1n) is 7.73. The fourth-order valence-electron chi connectivity index (χ4n) is 2.87. The van der Waals surface area contributed by atoms with Gasteiger partial charge in [-0.15, -0.1) is 0 Å². The molecule has 0 amide bonds. The van der Waals surface area contributed by atoms with Gasteiger partial charge < -0.3 is 9.47 Å². The van der Waals surface area contributed by atoms with Gasteiger partial charge in [0.25, 0.3) is 0 Å². The summed E-state index contributed by atoms with van der Waals surface area (Å²) in [4.78, 5) is 0.285. The molecule has 130 valence electrons. The lowest BCUT2D eigenvalue weighted by molar-refractivity contribution is 0.174. The van der Waals surface area contributed by atoms with Crippen molar-refractivity contribution in [2.75, 3.05) is 13.3 Å². The molecule has 0 atom stereocenters. The second-order valence-corrected chi connectivity index (χ2v) is 7.62. The molecule has 0 spiro atoms. The molecule has 1 aliphatic rings. The lowest BCUT2D eigenvalue weighted by Crippen LogP contribution is -2.31. The number of ether oxygens (including phenoxy) is 2. The first-order chi connectivity index (χ1) is 11.3. The summed E-state index contributed by atoms with van der Waals surface area (Å²) in [5.74, 6) is 1.33. The predicted octanol–water partition coefficient (Wildman–Crippen LogP) is 1.98. The number of hydrogen-bond acceptors (Lipinski definition) is 5. The Morgan fingerprint density at radius 1 is 1.25 bits per heavy atom. The zero-order valence-corrected chi connectivity index (χ0v) is 15.1. The molecule has 3 rings (SSSR count). The zero-order valence-electron chi connectivity index (χ0n) is 14.2. The van der Waals surface area contributed by atoms with Crippen molar-refractivity contribution in [3.8, 4) is 11.5 Å². The number of nitrogens with zero attached hydrogens (tertiary/aromatic N) is 3. The second kappa shape index (κ2) is 6.10. The van der Waals surface area contributed by atoms with Crippen LogP contribution in [0, 0.1) is 13.8 Å². The van der Waals surface area contributed by atoms with Gasteiger partial charge in [-0.25, -0.2) is 8.42 Å². The van der Waals surface area contributed by atoms with Crippen molar-refractivity contribution in [1.82, 2.24) is 14.1 Å². The number of aromatic nitrogens is 2. The van der Waals surface area contributed by atoms with Crippen LogP contribution in [0.15, 0.2) is 23.1 Å². The average Bonchev–Trinajstić information content (AvgIpc) is 3.08. The summed E-state index contributed by atoms with van der Waals surface area (Å²) in [6, 6.07) is 5.48. The molecule has 2 aromatic rings. The van der Waals surface area contributed by atoms with Gasteiger partial charge in [-0.2, -0.15) is 9.40 Å². The average molecular weight is 351 g/mol. The highest BCUT2D eigenvalue weighted by molar-refractivity contribution is 7.89. The van der Waals surface area contributed by atoms with E-state index in [1.807, 2.05) is 19.1 Å². The van der Waals surface area contributed by atoms with Crippen LogP contribution < -0.4 is 9.47 Å².